The van der Waals surface area contributed by atoms with E-state index in [2.05, 4.69) is 187 Å². The van der Waals surface area contributed by atoms with Gasteiger partial charge in [0.15, 0.2) is 5.58 Å². The highest BCUT2D eigenvalue weighted by molar-refractivity contribution is 6.94. The van der Waals surface area contributed by atoms with Gasteiger partial charge in [-0.2, -0.15) is 0 Å². The van der Waals surface area contributed by atoms with Crippen molar-refractivity contribution in [3.05, 3.63) is 186 Å². The van der Waals surface area contributed by atoms with Gasteiger partial charge in [-0.3, -0.25) is 0 Å². The molecule has 9 aromatic carbocycles. The van der Waals surface area contributed by atoms with E-state index in [1.54, 1.807) is 11.1 Å². The van der Waals surface area contributed by atoms with Crippen LogP contribution in [0.1, 0.15) is 113 Å². The molecular weight excluding hydrogens is 956 g/mol. The van der Waals surface area contributed by atoms with E-state index in [0.717, 1.165) is 46.7 Å². The van der Waals surface area contributed by atoms with E-state index in [4.69, 9.17) is 4.42 Å². The maximum absolute atomic E-state index is 7.54. The first-order chi connectivity index (χ1) is 38.7. The second-order valence-electron chi connectivity index (χ2n) is 28.0. The van der Waals surface area contributed by atoms with Gasteiger partial charge in [-0.05, 0) is 250 Å². The minimum atomic E-state index is -0.250. The Labute approximate surface area is 462 Å². The number of rotatable bonds is 4. The van der Waals surface area contributed by atoms with Gasteiger partial charge in [-0.15, -0.1) is 0 Å². The molecule has 0 atom stereocenters. The van der Waals surface area contributed by atoms with Crippen LogP contribution in [0.5, 0.6) is 0 Å². The first-order valence-electron chi connectivity index (χ1n) is 30.5. The first kappa shape index (κ1) is 43.6. The van der Waals surface area contributed by atoms with E-state index in [-0.39, 0.29) is 17.7 Å². The molecule has 0 N–H and O–H groups in total. The largest absolute Gasteiger partial charge is 0.454 e. The molecule has 11 aliphatic rings. The van der Waals surface area contributed by atoms with Gasteiger partial charge in [0.25, 0.3) is 0 Å². The van der Waals surface area contributed by atoms with Crippen LogP contribution in [0, 0.1) is 35.5 Å². The van der Waals surface area contributed by atoms with Gasteiger partial charge >= 0.3 is 6.85 Å². The van der Waals surface area contributed by atoms with Crippen LogP contribution < -0.4 is 15.7 Å². The van der Waals surface area contributed by atoms with Crippen molar-refractivity contribution in [1.29, 1.82) is 0 Å². The number of nitrogens with zero attached hydrogens (tertiary/aromatic N) is 2. The fourth-order valence-corrected chi connectivity index (χ4v) is 21.1. The molecule has 0 saturated heterocycles. The molecule has 4 heteroatoms. The molecule has 0 amide bonds. The Morgan fingerprint density at radius 1 is 0.494 bits per heavy atom. The molecule has 8 bridgehead atoms. The molecule has 3 nitrogen and oxygen atoms in total. The summed E-state index contributed by atoms with van der Waals surface area (Å²) in [7, 11) is 0. The minimum Gasteiger partial charge on any atom is -0.454 e. The predicted molar refractivity (Wildman–Crippen MR) is 327 cm³/mol. The molecule has 11 aromatic rings. The van der Waals surface area contributed by atoms with Crippen molar-refractivity contribution in [3.8, 4) is 39.1 Å². The van der Waals surface area contributed by atoms with Crippen LogP contribution in [0.15, 0.2) is 168 Å². The van der Waals surface area contributed by atoms with E-state index in [1.165, 1.54) is 193 Å². The molecule has 8 saturated carbocycles. The highest BCUT2D eigenvalue weighted by atomic mass is 16.3. The Hall–Kier alpha value is -7.30. The third-order valence-corrected chi connectivity index (χ3v) is 23.4. The van der Waals surface area contributed by atoms with Crippen LogP contribution >= 0.6 is 0 Å². The number of aromatic nitrogens is 1. The topological polar surface area (TPSA) is 21.3 Å². The lowest BCUT2D eigenvalue weighted by atomic mass is 9.42. The van der Waals surface area contributed by atoms with Crippen molar-refractivity contribution >= 4 is 83.7 Å². The van der Waals surface area contributed by atoms with Crippen molar-refractivity contribution in [2.24, 2.45) is 35.5 Å². The Bertz CT molecular complexity index is 4480. The summed E-state index contributed by atoms with van der Waals surface area (Å²) in [5.41, 5.74) is 25.7. The van der Waals surface area contributed by atoms with Gasteiger partial charge in [-0.1, -0.05) is 123 Å². The highest BCUT2D eigenvalue weighted by Crippen LogP contribution is 2.64. The zero-order valence-electron chi connectivity index (χ0n) is 45.4. The smallest absolute Gasteiger partial charge is 0.333 e. The molecule has 79 heavy (non-hydrogen) atoms. The average Bonchev–Trinajstić information content (AvgIpc) is 2.41. The maximum Gasteiger partial charge on any atom is 0.333 e. The first-order valence-corrected chi connectivity index (χ1v) is 30.5. The SMILES string of the molecule is CC1(C)c2ccccc2-c2cc3c4c(c21)-c1ccc2c(oc5cc6ccccc6cc52)c1N(c1ccc(-c2ccccc2)cc1)B4c1cc(C24CC5CC(CC(C5)C2)C4)cc2c4cc(C56CC7CC(CC(C7)C5)C6)ccc4n-3c12. The number of hydrogen-bond donors (Lipinski definition) is 0. The number of anilines is 2. The lowest BCUT2D eigenvalue weighted by Gasteiger charge is -2.57. The van der Waals surface area contributed by atoms with Gasteiger partial charge in [0, 0.05) is 43.9 Å². The van der Waals surface area contributed by atoms with Crippen LogP contribution in [0.3, 0.4) is 0 Å². The van der Waals surface area contributed by atoms with Gasteiger partial charge < -0.3 is 13.8 Å². The molecule has 0 spiro atoms. The number of hydrogen-bond acceptors (Lipinski definition) is 2. The molecular formula is C75H63BN2O. The van der Waals surface area contributed by atoms with Gasteiger partial charge in [0.2, 0.25) is 0 Å². The van der Waals surface area contributed by atoms with Crippen molar-refractivity contribution in [3.63, 3.8) is 0 Å². The van der Waals surface area contributed by atoms with E-state index in [1.807, 2.05) is 0 Å². The summed E-state index contributed by atoms with van der Waals surface area (Å²) in [6, 6.07) is 64.7. The van der Waals surface area contributed by atoms with E-state index in [9.17, 15) is 0 Å². The summed E-state index contributed by atoms with van der Waals surface area (Å²) in [6.45, 7) is 4.89. The molecule has 22 rings (SSSR count). The zero-order chi connectivity index (χ0) is 51.4. The number of fused-ring (bicyclic) bond motifs is 16. The third-order valence-electron chi connectivity index (χ3n) is 23.4. The molecule has 9 aliphatic carbocycles. The van der Waals surface area contributed by atoms with Crippen molar-refractivity contribution in [1.82, 2.24) is 4.57 Å². The Morgan fingerprint density at radius 2 is 1.11 bits per heavy atom. The summed E-state index contributed by atoms with van der Waals surface area (Å²) in [6.07, 6.45) is 16.9. The van der Waals surface area contributed by atoms with Crippen LogP contribution in [-0.2, 0) is 16.2 Å². The maximum atomic E-state index is 7.54. The molecule has 0 radical (unpaired) electrons. The summed E-state index contributed by atoms with van der Waals surface area (Å²) in [5.74, 6) is 5.23. The molecule has 8 fully saturated rings. The summed E-state index contributed by atoms with van der Waals surface area (Å²) in [5, 5.41) is 7.77. The second kappa shape index (κ2) is 14.7. The number of furan rings is 1. The Morgan fingerprint density at radius 3 is 1.82 bits per heavy atom. The fourth-order valence-electron chi connectivity index (χ4n) is 21.1. The normalized spacial score (nSPS) is 27.7. The van der Waals surface area contributed by atoms with Crippen molar-refractivity contribution < 1.29 is 4.42 Å². The summed E-state index contributed by atoms with van der Waals surface area (Å²) < 4.78 is 10.3. The predicted octanol–water partition coefficient (Wildman–Crippen LogP) is 18.0. The van der Waals surface area contributed by atoms with Gasteiger partial charge in [-0.25, -0.2) is 0 Å². The molecule has 0 unspecified atom stereocenters. The van der Waals surface area contributed by atoms with Crippen molar-refractivity contribution in [2.45, 2.75) is 107 Å². The standard InChI is InChI=1S/C75H63BN2O/c1-73(2)62-15-9-8-14-55(62)60-35-65-69-67(68(60)73)57-22-21-56-59-30-50-12-6-7-13-51(50)31-66(59)79-72(56)71(57)78(54-19-16-49(17-20-54)48-10-4-3-5-11-48)76(69)63-34-53(75-39-45-27-46(40-75)29-47(28-45)41-75)33-61-58-32-52(18-23-64(58)77(65)70(61)63)74-36-42-24-43(37-74)26-44(25-42)38-74/h3-23,30-35,42-47H,24-29,36-41H2,1-2H3. The molecule has 382 valence electrons. The van der Waals surface area contributed by atoms with E-state index >= 15 is 0 Å². The van der Waals surface area contributed by atoms with E-state index in [0.29, 0.717) is 5.41 Å². The van der Waals surface area contributed by atoms with Gasteiger partial charge in [0.1, 0.15) is 5.58 Å². The quantitative estimate of drug-likeness (QED) is 0.164. The monoisotopic (exact) mass is 1020 g/mol. The van der Waals surface area contributed by atoms with Crippen LogP contribution in [-0.4, -0.2) is 11.4 Å². The average molecular weight is 1020 g/mol. The van der Waals surface area contributed by atoms with Crippen LogP contribution in [0.25, 0.3) is 93.6 Å². The summed E-state index contributed by atoms with van der Waals surface area (Å²) >= 11 is 0. The lowest BCUT2D eigenvalue weighted by Crippen LogP contribution is -2.61. The van der Waals surface area contributed by atoms with E-state index < -0.39 is 0 Å². The Balaban J connectivity index is 0.938. The minimum absolute atomic E-state index is 0.126. The zero-order valence-corrected chi connectivity index (χ0v) is 45.4. The molecule has 4 heterocycles. The Kier molecular flexibility index (Phi) is 8.13. The van der Waals surface area contributed by atoms with Crippen LogP contribution in [0.4, 0.5) is 11.4 Å². The van der Waals surface area contributed by atoms with Crippen molar-refractivity contribution in [2.75, 3.05) is 4.81 Å². The highest BCUT2D eigenvalue weighted by Gasteiger charge is 2.55. The number of benzene rings is 9. The fraction of sp³-hybridized carbons (Fsp3) is 0.307. The second-order valence-corrected chi connectivity index (χ2v) is 28.0. The molecule has 2 aliphatic heterocycles. The van der Waals surface area contributed by atoms with Crippen LogP contribution in [0.2, 0.25) is 0 Å². The third kappa shape index (κ3) is 5.57. The summed E-state index contributed by atoms with van der Waals surface area (Å²) in [4.78, 5) is 2.79. The molecule has 2 aromatic heterocycles. The lowest BCUT2D eigenvalue weighted by molar-refractivity contribution is -0.00526. The van der Waals surface area contributed by atoms with Gasteiger partial charge in [0.05, 0.1) is 16.7 Å².